The fraction of sp³-hybridized carbons (Fsp3) is 0.0870. The van der Waals surface area contributed by atoms with E-state index in [2.05, 4.69) is 15.6 Å². The molecule has 0 radical (unpaired) electrons. The third-order valence-corrected chi connectivity index (χ3v) is 4.44. The van der Waals surface area contributed by atoms with E-state index < -0.39 is 11.9 Å². The lowest BCUT2D eigenvalue weighted by molar-refractivity contribution is -0.123. The number of benzene rings is 3. The van der Waals surface area contributed by atoms with E-state index in [4.69, 9.17) is 4.42 Å². The average Bonchev–Trinajstić information content (AvgIpc) is 3.21. The van der Waals surface area contributed by atoms with E-state index in [-0.39, 0.29) is 11.8 Å². The number of hydrogen-bond acceptors (Lipinski definition) is 4. The number of nitrogens with zero attached hydrogens (tertiary/aromatic N) is 1. The van der Waals surface area contributed by atoms with E-state index in [1.54, 1.807) is 36.4 Å². The molecule has 0 saturated carbocycles. The Kier molecular flexibility index (Phi) is 5.33. The SMILES string of the molecule is O=C(NC(C(=O)NCc1ccccc1)c1nc2ccccc2o1)c1ccccc1. The molecule has 6 nitrogen and oxygen atoms in total. The number of nitrogens with one attached hydrogen (secondary N) is 2. The topological polar surface area (TPSA) is 84.2 Å². The zero-order valence-corrected chi connectivity index (χ0v) is 15.5. The molecule has 1 heterocycles. The van der Waals surface area contributed by atoms with Gasteiger partial charge in [0.15, 0.2) is 11.6 Å². The van der Waals surface area contributed by atoms with Crippen molar-refractivity contribution in [1.82, 2.24) is 15.6 Å². The molecule has 1 atom stereocenters. The lowest BCUT2D eigenvalue weighted by Crippen LogP contribution is -2.40. The van der Waals surface area contributed by atoms with Crippen LogP contribution in [0.2, 0.25) is 0 Å². The van der Waals surface area contributed by atoms with Gasteiger partial charge in [-0.1, -0.05) is 60.7 Å². The van der Waals surface area contributed by atoms with E-state index >= 15 is 0 Å². The zero-order valence-electron chi connectivity index (χ0n) is 15.5. The predicted octanol–water partition coefficient (Wildman–Crippen LogP) is 3.62. The molecule has 1 aromatic heterocycles. The molecule has 4 aromatic rings. The minimum absolute atomic E-state index is 0.140. The summed E-state index contributed by atoms with van der Waals surface area (Å²) in [4.78, 5) is 30.0. The van der Waals surface area contributed by atoms with E-state index in [0.717, 1.165) is 5.56 Å². The van der Waals surface area contributed by atoms with Crippen molar-refractivity contribution in [2.45, 2.75) is 12.6 Å². The van der Waals surface area contributed by atoms with Crippen LogP contribution in [0.5, 0.6) is 0 Å². The van der Waals surface area contributed by atoms with Gasteiger partial charge in [-0.3, -0.25) is 9.59 Å². The molecule has 1 unspecified atom stereocenters. The number of carbonyl (C=O) groups excluding carboxylic acids is 2. The second-order valence-corrected chi connectivity index (χ2v) is 6.50. The Bertz CT molecular complexity index is 1090. The number of para-hydroxylation sites is 2. The molecule has 0 aliphatic rings. The molecular weight excluding hydrogens is 366 g/mol. The smallest absolute Gasteiger partial charge is 0.252 e. The van der Waals surface area contributed by atoms with Crippen LogP contribution in [0.25, 0.3) is 11.1 Å². The lowest BCUT2D eigenvalue weighted by atomic mass is 10.1. The maximum Gasteiger partial charge on any atom is 0.252 e. The second kappa shape index (κ2) is 8.39. The van der Waals surface area contributed by atoms with Crippen LogP contribution < -0.4 is 10.6 Å². The third-order valence-electron chi connectivity index (χ3n) is 4.44. The van der Waals surface area contributed by atoms with Gasteiger partial charge in [-0.25, -0.2) is 4.98 Å². The number of rotatable bonds is 6. The van der Waals surface area contributed by atoms with Crippen molar-refractivity contribution in [3.8, 4) is 0 Å². The largest absolute Gasteiger partial charge is 0.438 e. The summed E-state index contributed by atoms with van der Waals surface area (Å²) < 4.78 is 5.75. The van der Waals surface area contributed by atoms with Gasteiger partial charge in [0.05, 0.1) is 0 Å². The molecular formula is C23H19N3O3. The van der Waals surface area contributed by atoms with Crippen LogP contribution in [-0.4, -0.2) is 16.8 Å². The number of fused-ring (bicyclic) bond motifs is 1. The number of oxazole rings is 1. The fourth-order valence-electron chi connectivity index (χ4n) is 2.94. The molecule has 4 rings (SSSR count). The van der Waals surface area contributed by atoms with Gasteiger partial charge in [-0.15, -0.1) is 0 Å². The molecule has 0 aliphatic heterocycles. The molecule has 0 aliphatic carbocycles. The van der Waals surface area contributed by atoms with Crippen LogP contribution in [0, 0.1) is 0 Å². The molecule has 6 heteroatoms. The molecule has 2 N–H and O–H groups in total. The Hall–Kier alpha value is -3.93. The lowest BCUT2D eigenvalue weighted by Gasteiger charge is -2.16. The summed E-state index contributed by atoms with van der Waals surface area (Å²) >= 11 is 0. The minimum Gasteiger partial charge on any atom is -0.438 e. The van der Waals surface area contributed by atoms with Crippen molar-refractivity contribution in [1.29, 1.82) is 0 Å². The molecule has 0 fully saturated rings. The molecule has 29 heavy (non-hydrogen) atoms. The van der Waals surface area contributed by atoms with Crippen LogP contribution in [0.4, 0.5) is 0 Å². The summed E-state index contributed by atoms with van der Waals surface area (Å²) in [6.45, 7) is 0.331. The molecule has 0 spiro atoms. The summed E-state index contributed by atoms with van der Waals surface area (Å²) in [5.74, 6) is -0.640. The Morgan fingerprint density at radius 1 is 0.862 bits per heavy atom. The highest BCUT2D eigenvalue weighted by Crippen LogP contribution is 2.21. The molecule has 0 bridgehead atoms. The monoisotopic (exact) mass is 385 g/mol. The van der Waals surface area contributed by atoms with Crippen LogP contribution in [0.1, 0.15) is 27.9 Å². The van der Waals surface area contributed by atoms with Gasteiger partial charge in [0.2, 0.25) is 5.89 Å². The summed E-state index contributed by atoms with van der Waals surface area (Å²) in [7, 11) is 0. The minimum atomic E-state index is -1.06. The van der Waals surface area contributed by atoms with Crippen molar-refractivity contribution in [2.24, 2.45) is 0 Å². The van der Waals surface area contributed by atoms with Crippen molar-refractivity contribution >= 4 is 22.9 Å². The maximum atomic E-state index is 12.9. The van der Waals surface area contributed by atoms with Gasteiger partial charge in [-0.05, 0) is 29.8 Å². The first-order valence-electron chi connectivity index (χ1n) is 9.24. The molecule has 144 valence electrons. The average molecular weight is 385 g/mol. The summed E-state index contributed by atoms with van der Waals surface area (Å²) in [6, 6.07) is 24.4. The molecule has 3 aromatic carbocycles. The Labute approximate surface area is 167 Å². The standard InChI is InChI=1S/C23H19N3O3/c27-21(17-11-5-2-6-12-17)26-20(22(28)24-15-16-9-3-1-4-10-16)23-25-18-13-7-8-14-19(18)29-23/h1-14,20H,15H2,(H,24,28)(H,26,27). The van der Waals surface area contributed by atoms with Crippen LogP contribution in [0.15, 0.2) is 89.3 Å². The van der Waals surface area contributed by atoms with Crippen molar-refractivity contribution < 1.29 is 14.0 Å². The number of amides is 2. The Balaban J connectivity index is 1.59. The highest BCUT2D eigenvalue weighted by Gasteiger charge is 2.28. The van der Waals surface area contributed by atoms with Crippen molar-refractivity contribution in [2.75, 3.05) is 0 Å². The van der Waals surface area contributed by atoms with E-state index in [9.17, 15) is 9.59 Å². The highest BCUT2D eigenvalue weighted by molar-refractivity contribution is 5.97. The number of carbonyl (C=O) groups is 2. The van der Waals surface area contributed by atoms with Gasteiger partial charge in [-0.2, -0.15) is 0 Å². The Morgan fingerprint density at radius 3 is 2.24 bits per heavy atom. The quantitative estimate of drug-likeness (QED) is 0.531. The second-order valence-electron chi connectivity index (χ2n) is 6.50. The van der Waals surface area contributed by atoms with Crippen LogP contribution >= 0.6 is 0 Å². The van der Waals surface area contributed by atoms with Gasteiger partial charge >= 0.3 is 0 Å². The van der Waals surface area contributed by atoms with E-state index in [0.29, 0.717) is 23.2 Å². The van der Waals surface area contributed by atoms with Crippen molar-refractivity contribution in [3.63, 3.8) is 0 Å². The van der Waals surface area contributed by atoms with E-state index in [1.807, 2.05) is 48.5 Å². The fourth-order valence-corrected chi connectivity index (χ4v) is 2.94. The molecule has 2 amide bonds. The van der Waals surface area contributed by atoms with Gasteiger partial charge in [0.1, 0.15) is 5.52 Å². The highest BCUT2D eigenvalue weighted by atomic mass is 16.4. The zero-order chi connectivity index (χ0) is 20.1. The summed E-state index contributed by atoms with van der Waals surface area (Å²) in [6.07, 6.45) is 0. The van der Waals surface area contributed by atoms with Gasteiger partial charge in [0, 0.05) is 12.1 Å². The number of aromatic nitrogens is 1. The first kappa shape index (κ1) is 18.4. The summed E-state index contributed by atoms with van der Waals surface area (Å²) in [5.41, 5.74) is 2.57. The third kappa shape index (κ3) is 4.32. The van der Waals surface area contributed by atoms with E-state index in [1.165, 1.54) is 0 Å². The predicted molar refractivity (Wildman–Crippen MR) is 109 cm³/mol. The number of hydrogen-bond donors (Lipinski definition) is 2. The normalized spacial score (nSPS) is 11.7. The first-order valence-corrected chi connectivity index (χ1v) is 9.24. The van der Waals surface area contributed by atoms with Crippen molar-refractivity contribution in [3.05, 3.63) is 102 Å². The molecule has 0 saturated heterocycles. The van der Waals surface area contributed by atoms with Gasteiger partial charge < -0.3 is 15.1 Å². The van der Waals surface area contributed by atoms with Crippen LogP contribution in [-0.2, 0) is 11.3 Å². The first-order chi connectivity index (χ1) is 14.2. The maximum absolute atomic E-state index is 12.9. The van der Waals surface area contributed by atoms with Gasteiger partial charge in [0.25, 0.3) is 11.8 Å². The summed E-state index contributed by atoms with van der Waals surface area (Å²) in [5, 5.41) is 5.58. The van der Waals surface area contributed by atoms with Crippen LogP contribution in [0.3, 0.4) is 0 Å². The Morgan fingerprint density at radius 2 is 1.52 bits per heavy atom.